The number of sulfonamides is 1. The molecule has 8 nitrogen and oxygen atoms in total. The molecule has 0 atom stereocenters. The van der Waals surface area contributed by atoms with Crippen LogP contribution in [0.15, 0.2) is 71.8 Å². The number of aliphatic hydroxyl groups is 1. The summed E-state index contributed by atoms with van der Waals surface area (Å²) in [6.07, 6.45) is 0. The van der Waals surface area contributed by atoms with Gasteiger partial charge in [-0.05, 0) is 82.5 Å². The van der Waals surface area contributed by atoms with E-state index < -0.39 is 21.5 Å². The molecule has 0 fully saturated rings. The van der Waals surface area contributed by atoms with Crippen molar-refractivity contribution in [3.05, 3.63) is 100 Å². The van der Waals surface area contributed by atoms with Crippen LogP contribution in [0.4, 0.5) is 0 Å². The first-order valence-corrected chi connectivity index (χ1v) is 13.8. The first kappa shape index (κ1) is 27.9. The van der Waals surface area contributed by atoms with Crippen molar-refractivity contribution in [1.82, 2.24) is 14.7 Å². The van der Waals surface area contributed by atoms with E-state index in [2.05, 4.69) is 14.7 Å². The lowest BCUT2D eigenvalue weighted by Crippen LogP contribution is -2.31. The number of aromatic nitrogens is 2. The van der Waals surface area contributed by atoms with Crippen molar-refractivity contribution < 1.29 is 27.3 Å². The Morgan fingerprint density at radius 2 is 1.56 bits per heavy atom. The maximum Gasteiger partial charge on any atom is 0.281 e. The average molecular weight is 552 g/mol. The average Bonchev–Trinajstić information content (AvgIpc) is 2.85. The predicted molar refractivity (Wildman–Crippen MR) is 156 cm³/mol. The number of nitrogens with one attached hydrogen (secondary N) is 1. The number of hydrogen-bond acceptors (Lipinski definition) is 7. The Bertz CT molecular complexity index is 1650. The molecule has 1 amide bonds. The fourth-order valence-corrected chi connectivity index (χ4v) is 5.20. The summed E-state index contributed by atoms with van der Waals surface area (Å²) in [6.45, 7) is 10.8. The highest BCUT2D eigenvalue weighted by Gasteiger charge is 2.25. The highest BCUT2D eigenvalue weighted by molar-refractivity contribution is 7.90. The number of carbonyl (C=O) groups excluding carboxylic acids is 1. The van der Waals surface area contributed by atoms with E-state index in [1.54, 1.807) is 51.1 Å². The van der Waals surface area contributed by atoms with E-state index in [9.17, 15) is 18.3 Å². The van der Waals surface area contributed by atoms with Crippen molar-refractivity contribution in [2.75, 3.05) is 0 Å². The SMILES string of the molecule is Cc1cc(C)c(Oc2nc(-c3ccc(C(C)(C)O)cc3)ccc2C(=O)NS(=O)(=O)c2cccc(C)n2)c(C)c1.[HH].[HH].[HH]. The van der Waals surface area contributed by atoms with Crippen molar-refractivity contribution in [2.24, 2.45) is 0 Å². The van der Waals surface area contributed by atoms with Crippen LogP contribution in [0.2, 0.25) is 0 Å². The molecule has 0 unspecified atom stereocenters. The largest absolute Gasteiger partial charge is 0.438 e. The third-order valence-electron chi connectivity index (χ3n) is 6.16. The molecule has 0 aliphatic carbocycles. The Hall–Kier alpha value is -4.08. The van der Waals surface area contributed by atoms with Crippen LogP contribution in [0.3, 0.4) is 0 Å². The summed E-state index contributed by atoms with van der Waals surface area (Å²) in [5.74, 6) is -0.411. The number of benzene rings is 2. The van der Waals surface area contributed by atoms with Gasteiger partial charge in [0.25, 0.3) is 15.9 Å². The summed E-state index contributed by atoms with van der Waals surface area (Å²) >= 11 is 0. The second kappa shape index (κ2) is 10.6. The number of amides is 1. The van der Waals surface area contributed by atoms with Crippen LogP contribution in [-0.4, -0.2) is 29.4 Å². The predicted octanol–water partition coefficient (Wildman–Crippen LogP) is 6.25. The van der Waals surface area contributed by atoms with Gasteiger partial charge in [0.15, 0.2) is 5.03 Å². The molecule has 4 rings (SSSR count). The van der Waals surface area contributed by atoms with E-state index in [-0.39, 0.29) is 20.7 Å². The lowest BCUT2D eigenvalue weighted by atomic mass is 9.96. The van der Waals surface area contributed by atoms with Crippen molar-refractivity contribution in [3.63, 3.8) is 0 Å². The van der Waals surface area contributed by atoms with Crippen LogP contribution < -0.4 is 9.46 Å². The smallest absolute Gasteiger partial charge is 0.281 e. The van der Waals surface area contributed by atoms with E-state index in [1.807, 2.05) is 45.0 Å². The minimum Gasteiger partial charge on any atom is -0.438 e. The monoisotopic (exact) mass is 551 g/mol. The van der Waals surface area contributed by atoms with Gasteiger partial charge in [-0.1, -0.05) is 48.0 Å². The van der Waals surface area contributed by atoms with Crippen molar-refractivity contribution in [2.45, 2.75) is 52.2 Å². The van der Waals surface area contributed by atoms with Gasteiger partial charge in [0, 0.05) is 15.5 Å². The van der Waals surface area contributed by atoms with Gasteiger partial charge >= 0.3 is 0 Å². The summed E-state index contributed by atoms with van der Waals surface area (Å²) in [6, 6.07) is 18.8. The molecule has 0 spiro atoms. The normalized spacial score (nSPS) is 11.8. The minimum atomic E-state index is -4.24. The molecule has 39 heavy (non-hydrogen) atoms. The third kappa shape index (κ3) is 6.32. The molecule has 0 aliphatic heterocycles. The zero-order chi connectivity index (χ0) is 28.5. The van der Waals surface area contributed by atoms with Crippen molar-refractivity contribution in [1.29, 1.82) is 0 Å². The zero-order valence-corrected chi connectivity index (χ0v) is 23.6. The van der Waals surface area contributed by atoms with Gasteiger partial charge in [0.2, 0.25) is 5.88 Å². The summed E-state index contributed by atoms with van der Waals surface area (Å²) < 4.78 is 34.1. The zero-order valence-electron chi connectivity index (χ0n) is 22.7. The molecule has 208 valence electrons. The van der Waals surface area contributed by atoms with Crippen LogP contribution >= 0.6 is 0 Å². The molecular formula is C30H37N3O5S. The van der Waals surface area contributed by atoms with E-state index in [0.29, 0.717) is 17.1 Å². The summed E-state index contributed by atoms with van der Waals surface area (Å²) in [5.41, 5.74) is 4.17. The molecule has 4 aromatic rings. The van der Waals surface area contributed by atoms with Gasteiger partial charge in [-0.3, -0.25) is 4.79 Å². The molecule has 0 aliphatic rings. The van der Waals surface area contributed by atoms with Crippen LogP contribution in [-0.2, 0) is 15.6 Å². The molecule has 0 saturated heterocycles. The summed E-state index contributed by atoms with van der Waals surface area (Å²) in [5, 5.41) is 10.0. The van der Waals surface area contributed by atoms with E-state index in [1.165, 1.54) is 12.1 Å². The Morgan fingerprint density at radius 3 is 2.15 bits per heavy atom. The van der Waals surface area contributed by atoms with Gasteiger partial charge in [-0.2, -0.15) is 8.42 Å². The van der Waals surface area contributed by atoms with Gasteiger partial charge in [-0.15, -0.1) is 0 Å². The molecule has 9 heteroatoms. The number of hydrogen-bond donors (Lipinski definition) is 2. The topological polar surface area (TPSA) is 118 Å². The maximum absolute atomic E-state index is 13.3. The molecule has 0 saturated carbocycles. The first-order chi connectivity index (χ1) is 18.2. The van der Waals surface area contributed by atoms with E-state index >= 15 is 0 Å². The standard InChI is InChI=1S/C30H31N3O5S.3H2/c1-18-16-19(2)27(20(3)17-18)38-29-24(28(34)33-39(36,37)26-9-7-8-21(4)31-26)14-15-25(32-29)22-10-12-23(13-11-22)30(5,6)35;;;/h7-17,35H,1-6H3,(H,33,34);3*1H. The Balaban J connectivity index is 0.00000294. The van der Waals surface area contributed by atoms with Gasteiger partial charge < -0.3 is 9.84 Å². The number of carbonyl (C=O) groups is 1. The minimum absolute atomic E-state index is 0. The van der Waals surface area contributed by atoms with E-state index in [0.717, 1.165) is 27.8 Å². The fraction of sp³-hybridized carbons (Fsp3) is 0.233. The summed E-state index contributed by atoms with van der Waals surface area (Å²) in [7, 11) is -4.24. The van der Waals surface area contributed by atoms with Gasteiger partial charge in [0.05, 0.1) is 11.3 Å². The maximum atomic E-state index is 13.3. The first-order valence-electron chi connectivity index (χ1n) is 12.4. The lowest BCUT2D eigenvalue weighted by Gasteiger charge is -2.18. The highest BCUT2D eigenvalue weighted by Crippen LogP contribution is 2.33. The molecule has 2 aromatic heterocycles. The van der Waals surface area contributed by atoms with Crippen LogP contribution in [0.1, 0.15) is 56.4 Å². The van der Waals surface area contributed by atoms with Gasteiger partial charge in [0.1, 0.15) is 11.3 Å². The van der Waals surface area contributed by atoms with Crippen molar-refractivity contribution >= 4 is 15.9 Å². The highest BCUT2D eigenvalue weighted by atomic mass is 32.2. The van der Waals surface area contributed by atoms with Crippen molar-refractivity contribution in [3.8, 4) is 22.9 Å². The molecule has 0 radical (unpaired) electrons. The van der Waals surface area contributed by atoms with Crippen LogP contribution in [0, 0.1) is 27.7 Å². The molecule has 2 N–H and O–H groups in total. The second-order valence-electron chi connectivity index (χ2n) is 10.1. The Kier molecular flexibility index (Phi) is 7.59. The van der Waals surface area contributed by atoms with Gasteiger partial charge in [-0.25, -0.2) is 14.7 Å². The Labute approximate surface area is 233 Å². The number of nitrogens with zero attached hydrogens (tertiary/aromatic N) is 2. The molecule has 2 aromatic carbocycles. The van der Waals surface area contributed by atoms with E-state index in [4.69, 9.17) is 4.74 Å². The number of rotatable bonds is 7. The quantitative estimate of drug-likeness (QED) is 0.278. The van der Waals surface area contributed by atoms with Crippen LogP contribution in [0.25, 0.3) is 11.3 Å². The number of ether oxygens (including phenoxy) is 1. The Morgan fingerprint density at radius 1 is 0.923 bits per heavy atom. The fourth-order valence-electron chi connectivity index (χ4n) is 4.22. The second-order valence-corrected chi connectivity index (χ2v) is 11.7. The molecule has 0 bridgehead atoms. The molecular weight excluding hydrogens is 514 g/mol. The molecule has 2 heterocycles. The summed E-state index contributed by atoms with van der Waals surface area (Å²) in [4.78, 5) is 21.9. The third-order valence-corrected chi connectivity index (χ3v) is 7.39. The number of pyridine rings is 2. The number of aryl methyl sites for hydroxylation is 4. The lowest BCUT2D eigenvalue weighted by molar-refractivity contribution is 0.0786. The van der Waals surface area contributed by atoms with Crippen LogP contribution in [0.5, 0.6) is 11.6 Å².